The van der Waals surface area contributed by atoms with Crippen LogP contribution in [0, 0.1) is 0 Å². The first-order valence-corrected chi connectivity index (χ1v) is 8.28. The molecule has 0 aromatic carbocycles. The molecule has 3 aromatic heterocycles. The molecule has 1 amide bonds. The van der Waals surface area contributed by atoms with Gasteiger partial charge in [-0.2, -0.15) is 0 Å². The molecule has 0 spiro atoms. The number of aliphatic hydroxyl groups excluding tert-OH is 1. The lowest BCUT2D eigenvalue weighted by molar-refractivity contribution is -0.130. The van der Waals surface area contributed by atoms with Gasteiger partial charge in [-0.25, -0.2) is 0 Å². The SMILES string of the molecule is O=C(C1=C(O)C(=O)N(Cc2cccnc2)C1c1cccnc1)c1ccco1. The number of carbonyl (C=O) groups excluding carboxylic acids is 2. The fraction of sp³-hybridized carbons (Fsp3) is 0.100. The van der Waals surface area contributed by atoms with Crippen molar-refractivity contribution in [1.29, 1.82) is 0 Å². The first-order chi connectivity index (χ1) is 13.2. The molecule has 0 saturated carbocycles. The minimum absolute atomic E-state index is 0.0214. The maximum Gasteiger partial charge on any atom is 0.290 e. The van der Waals surface area contributed by atoms with E-state index in [4.69, 9.17) is 4.42 Å². The van der Waals surface area contributed by atoms with Crippen molar-refractivity contribution in [2.75, 3.05) is 0 Å². The molecule has 1 N–H and O–H groups in total. The first-order valence-electron chi connectivity index (χ1n) is 8.28. The Kier molecular flexibility index (Phi) is 4.25. The van der Waals surface area contributed by atoms with E-state index in [1.807, 2.05) is 6.07 Å². The van der Waals surface area contributed by atoms with Crippen LogP contribution < -0.4 is 0 Å². The van der Waals surface area contributed by atoms with Crippen molar-refractivity contribution in [2.24, 2.45) is 0 Å². The van der Waals surface area contributed by atoms with Gasteiger partial charge in [0.2, 0.25) is 5.78 Å². The van der Waals surface area contributed by atoms with Crippen LogP contribution in [0.5, 0.6) is 0 Å². The van der Waals surface area contributed by atoms with Crippen LogP contribution in [0.25, 0.3) is 0 Å². The van der Waals surface area contributed by atoms with Gasteiger partial charge in [0.15, 0.2) is 11.5 Å². The van der Waals surface area contributed by atoms with Crippen molar-refractivity contribution < 1.29 is 19.1 Å². The molecule has 3 aromatic rings. The van der Waals surface area contributed by atoms with Gasteiger partial charge >= 0.3 is 0 Å². The van der Waals surface area contributed by atoms with Crippen LogP contribution in [-0.2, 0) is 11.3 Å². The number of pyridine rings is 2. The summed E-state index contributed by atoms with van der Waals surface area (Å²) < 4.78 is 5.18. The van der Waals surface area contributed by atoms with E-state index in [-0.39, 0.29) is 17.9 Å². The van der Waals surface area contributed by atoms with Crippen LogP contribution in [0.4, 0.5) is 0 Å². The number of amides is 1. The van der Waals surface area contributed by atoms with E-state index >= 15 is 0 Å². The molecule has 1 aliphatic rings. The predicted molar refractivity (Wildman–Crippen MR) is 94.5 cm³/mol. The third kappa shape index (κ3) is 2.99. The zero-order chi connectivity index (χ0) is 18.8. The molecule has 134 valence electrons. The Balaban J connectivity index is 1.79. The van der Waals surface area contributed by atoms with Crippen LogP contribution in [0.1, 0.15) is 27.7 Å². The summed E-state index contributed by atoms with van der Waals surface area (Å²) in [5.74, 6) is -1.67. The smallest absolute Gasteiger partial charge is 0.290 e. The number of hydrogen-bond donors (Lipinski definition) is 1. The number of Topliss-reactive ketones (excluding diaryl/α,β-unsaturated/α-hetero) is 1. The molecule has 27 heavy (non-hydrogen) atoms. The lowest BCUT2D eigenvalue weighted by atomic mass is 9.96. The van der Waals surface area contributed by atoms with Gasteiger partial charge in [-0.1, -0.05) is 12.1 Å². The zero-order valence-electron chi connectivity index (χ0n) is 14.1. The molecule has 1 unspecified atom stereocenters. The Labute approximate surface area is 154 Å². The normalized spacial score (nSPS) is 16.8. The van der Waals surface area contributed by atoms with Gasteiger partial charge in [-0.3, -0.25) is 19.6 Å². The highest BCUT2D eigenvalue weighted by Crippen LogP contribution is 2.39. The number of nitrogens with zero attached hydrogens (tertiary/aromatic N) is 3. The van der Waals surface area contributed by atoms with Gasteiger partial charge in [-0.15, -0.1) is 0 Å². The van der Waals surface area contributed by atoms with Crippen molar-refractivity contribution in [3.63, 3.8) is 0 Å². The number of furan rings is 1. The molecule has 4 rings (SSSR count). The Morgan fingerprint density at radius 2 is 1.89 bits per heavy atom. The topological polar surface area (TPSA) is 96.5 Å². The summed E-state index contributed by atoms with van der Waals surface area (Å²) in [6.07, 6.45) is 7.81. The maximum atomic E-state index is 12.9. The second kappa shape index (κ2) is 6.87. The second-order valence-corrected chi connectivity index (χ2v) is 6.05. The van der Waals surface area contributed by atoms with Crippen molar-refractivity contribution in [3.05, 3.63) is 95.7 Å². The summed E-state index contributed by atoms with van der Waals surface area (Å²) in [6, 6.07) is 9.36. The minimum Gasteiger partial charge on any atom is -0.503 e. The van der Waals surface area contributed by atoms with Gasteiger partial charge in [0.05, 0.1) is 17.9 Å². The van der Waals surface area contributed by atoms with E-state index in [0.29, 0.717) is 5.56 Å². The Bertz CT molecular complexity index is 998. The van der Waals surface area contributed by atoms with Crippen molar-refractivity contribution in [1.82, 2.24) is 14.9 Å². The van der Waals surface area contributed by atoms with Gasteiger partial charge in [0.25, 0.3) is 5.91 Å². The molecule has 0 radical (unpaired) electrons. The largest absolute Gasteiger partial charge is 0.503 e. The molecule has 0 saturated heterocycles. The van der Waals surface area contributed by atoms with Gasteiger partial charge in [0.1, 0.15) is 0 Å². The van der Waals surface area contributed by atoms with Crippen LogP contribution in [0.3, 0.4) is 0 Å². The summed E-state index contributed by atoms with van der Waals surface area (Å²) in [7, 11) is 0. The molecule has 0 aliphatic carbocycles. The molecule has 1 atom stereocenters. The van der Waals surface area contributed by atoms with Crippen LogP contribution >= 0.6 is 0 Å². The highest BCUT2D eigenvalue weighted by atomic mass is 16.3. The molecular formula is C20H15N3O4. The molecule has 4 heterocycles. The molecule has 0 fully saturated rings. The van der Waals surface area contributed by atoms with E-state index < -0.39 is 23.5 Å². The van der Waals surface area contributed by atoms with E-state index in [2.05, 4.69) is 9.97 Å². The molecule has 0 bridgehead atoms. The van der Waals surface area contributed by atoms with E-state index in [1.165, 1.54) is 17.2 Å². The highest BCUT2D eigenvalue weighted by Gasteiger charge is 2.44. The van der Waals surface area contributed by atoms with Crippen LogP contribution in [0.15, 0.2) is 83.2 Å². The molecule has 1 aliphatic heterocycles. The number of hydrogen-bond acceptors (Lipinski definition) is 6. The molecular weight excluding hydrogens is 346 g/mol. The van der Waals surface area contributed by atoms with Gasteiger partial charge in [-0.05, 0) is 35.4 Å². The third-order valence-corrected chi connectivity index (χ3v) is 4.37. The predicted octanol–water partition coefficient (Wildman–Crippen LogP) is 2.85. The van der Waals surface area contributed by atoms with Crippen LogP contribution in [-0.4, -0.2) is 31.7 Å². The monoisotopic (exact) mass is 361 g/mol. The first kappa shape index (κ1) is 16.7. The average molecular weight is 361 g/mol. The maximum absolute atomic E-state index is 12.9. The summed E-state index contributed by atoms with van der Waals surface area (Å²) in [5, 5.41) is 10.5. The van der Waals surface area contributed by atoms with E-state index in [1.54, 1.807) is 49.1 Å². The molecule has 7 heteroatoms. The number of aromatic nitrogens is 2. The fourth-order valence-corrected chi connectivity index (χ4v) is 3.16. The minimum atomic E-state index is -0.774. The Morgan fingerprint density at radius 3 is 2.52 bits per heavy atom. The van der Waals surface area contributed by atoms with Crippen LogP contribution in [0.2, 0.25) is 0 Å². The van der Waals surface area contributed by atoms with Crippen molar-refractivity contribution in [3.8, 4) is 0 Å². The van der Waals surface area contributed by atoms with Gasteiger partial charge < -0.3 is 14.4 Å². The number of aliphatic hydroxyl groups is 1. The summed E-state index contributed by atoms with van der Waals surface area (Å²) in [4.78, 5) is 35.3. The van der Waals surface area contributed by atoms with Gasteiger partial charge in [0, 0.05) is 31.3 Å². The summed E-state index contributed by atoms with van der Waals surface area (Å²) in [5.41, 5.74) is 1.37. The third-order valence-electron chi connectivity index (χ3n) is 4.37. The Morgan fingerprint density at radius 1 is 1.11 bits per heavy atom. The Hall–Kier alpha value is -3.74. The number of rotatable bonds is 5. The number of carbonyl (C=O) groups is 2. The van der Waals surface area contributed by atoms with Crippen molar-refractivity contribution in [2.45, 2.75) is 12.6 Å². The fourth-order valence-electron chi connectivity index (χ4n) is 3.16. The second-order valence-electron chi connectivity index (χ2n) is 6.05. The zero-order valence-corrected chi connectivity index (χ0v) is 14.1. The van der Waals surface area contributed by atoms with E-state index in [9.17, 15) is 14.7 Å². The summed E-state index contributed by atoms with van der Waals surface area (Å²) >= 11 is 0. The van der Waals surface area contributed by atoms with Crippen molar-refractivity contribution >= 4 is 11.7 Å². The lowest BCUT2D eigenvalue weighted by Gasteiger charge is -2.26. The average Bonchev–Trinajstić information content (AvgIpc) is 3.32. The quantitative estimate of drug-likeness (QED) is 0.702. The lowest BCUT2D eigenvalue weighted by Crippen LogP contribution is -2.30. The molecule has 7 nitrogen and oxygen atoms in total. The standard InChI is InChI=1S/C20H15N3O4/c24-18(15-6-3-9-27-15)16-17(14-5-2-8-22-11-14)23(20(26)19(16)25)12-13-4-1-7-21-10-13/h1-11,17,25H,12H2. The van der Waals surface area contributed by atoms with E-state index in [0.717, 1.165) is 5.56 Å². The highest BCUT2D eigenvalue weighted by molar-refractivity contribution is 6.14. The number of ketones is 1. The summed E-state index contributed by atoms with van der Waals surface area (Å²) in [6.45, 7) is 0.186.